The van der Waals surface area contributed by atoms with E-state index in [9.17, 15) is 4.79 Å². The largest absolute Gasteiger partial charge is 0.394 e. The first-order valence-electron chi connectivity index (χ1n) is 4.06. The zero-order valence-electron chi connectivity index (χ0n) is 7.21. The average molecular weight is 159 g/mol. The molecule has 0 saturated carbocycles. The van der Waals surface area contributed by atoms with Crippen molar-refractivity contribution >= 4 is 6.29 Å². The van der Waals surface area contributed by atoms with E-state index in [-0.39, 0.29) is 6.61 Å². The Morgan fingerprint density at radius 3 is 2.64 bits per heavy atom. The molecule has 0 aliphatic rings. The van der Waals surface area contributed by atoms with Crippen molar-refractivity contribution in [2.75, 3.05) is 6.61 Å². The molecule has 2 N–H and O–H groups in total. The van der Waals surface area contributed by atoms with Crippen LogP contribution in [0.5, 0.6) is 0 Å². The van der Waals surface area contributed by atoms with Gasteiger partial charge in [0.1, 0.15) is 6.29 Å². The van der Waals surface area contributed by atoms with Crippen molar-refractivity contribution in [1.29, 1.82) is 0 Å². The molecule has 0 heterocycles. The lowest BCUT2D eigenvalue weighted by Gasteiger charge is -2.16. The first-order valence-corrected chi connectivity index (χ1v) is 4.06. The van der Waals surface area contributed by atoms with Crippen LogP contribution in [-0.4, -0.2) is 30.1 Å². The molecule has 0 saturated heterocycles. The summed E-state index contributed by atoms with van der Waals surface area (Å²) < 4.78 is 0. The van der Waals surface area contributed by atoms with Gasteiger partial charge in [0, 0.05) is 6.04 Å². The fourth-order valence-corrected chi connectivity index (χ4v) is 1.02. The van der Waals surface area contributed by atoms with Crippen LogP contribution in [0.2, 0.25) is 0 Å². The Morgan fingerprint density at radius 2 is 2.27 bits per heavy atom. The highest BCUT2D eigenvalue weighted by molar-refractivity contribution is 5.57. The van der Waals surface area contributed by atoms with Gasteiger partial charge in [-0.2, -0.15) is 0 Å². The molecule has 2 atom stereocenters. The molecule has 0 aromatic heterocycles. The van der Waals surface area contributed by atoms with E-state index in [1.807, 2.05) is 6.92 Å². The lowest BCUT2D eigenvalue weighted by Crippen LogP contribution is -2.39. The summed E-state index contributed by atoms with van der Waals surface area (Å²) in [5, 5.41) is 11.6. The smallest absolute Gasteiger partial charge is 0.139 e. The number of aliphatic hydroxyl groups excluding tert-OH is 1. The molecule has 0 amide bonds. The maximum absolute atomic E-state index is 10.3. The predicted octanol–water partition coefficient (Wildman–Crippen LogP) is 0.324. The Morgan fingerprint density at radius 1 is 1.64 bits per heavy atom. The molecule has 0 fully saturated rings. The van der Waals surface area contributed by atoms with Gasteiger partial charge in [-0.05, 0) is 13.3 Å². The fraction of sp³-hybridized carbons (Fsp3) is 0.875. The summed E-state index contributed by atoms with van der Waals surface area (Å²) in [4.78, 5) is 10.3. The van der Waals surface area contributed by atoms with Gasteiger partial charge in [0.15, 0.2) is 0 Å². The predicted molar refractivity (Wildman–Crippen MR) is 44.4 cm³/mol. The number of hydrogen-bond acceptors (Lipinski definition) is 3. The van der Waals surface area contributed by atoms with E-state index in [0.717, 1.165) is 19.1 Å². The summed E-state index contributed by atoms with van der Waals surface area (Å²) in [5.41, 5.74) is 0. The average Bonchev–Trinajstić information content (AvgIpc) is 2.01. The van der Waals surface area contributed by atoms with E-state index < -0.39 is 6.04 Å². The zero-order valence-corrected chi connectivity index (χ0v) is 7.21. The van der Waals surface area contributed by atoms with Gasteiger partial charge in [-0.3, -0.25) is 0 Å². The molecule has 0 aliphatic heterocycles. The third-order valence-corrected chi connectivity index (χ3v) is 1.58. The van der Waals surface area contributed by atoms with Crippen molar-refractivity contribution in [2.45, 2.75) is 38.8 Å². The van der Waals surface area contributed by atoms with Crippen molar-refractivity contribution in [1.82, 2.24) is 5.32 Å². The highest BCUT2D eigenvalue weighted by atomic mass is 16.3. The summed E-state index contributed by atoms with van der Waals surface area (Å²) in [5.74, 6) is 0. The van der Waals surface area contributed by atoms with Crippen LogP contribution in [0.25, 0.3) is 0 Å². The van der Waals surface area contributed by atoms with Crippen LogP contribution < -0.4 is 5.32 Å². The number of nitrogens with one attached hydrogen (secondary N) is 1. The number of carbonyl (C=O) groups excluding carboxylic acids is 1. The van der Waals surface area contributed by atoms with E-state index in [4.69, 9.17) is 5.11 Å². The maximum Gasteiger partial charge on any atom is 0.139 e. The first-order chi connectivity index (χ1) is 5.24. The van der Waals surface area contributed by atoms with Gasteiger partial charge in [0.05, 0.1) is 12.6 Å². The molecule has 0 radical (unpaired) electrons. The number of hydrogen-bond donors (Lipinski definition) is 2. The summed E-state index contributed by atoms with van der Waals surface area (Å²) in [6, 6.07) is -0.0844. The molecule has 0 aliphatic carbocycles. The fourth-order valence-electron chi connectivity index (χ4n) is 1.02. The SMILES string of the molecule is CCC[C@@H](C)N[C@H](C=O)CO. The van der Waals surface area contributed by atoms with E-state index in [1.165, 1.54) is 0 Å². The molecular formula is C8H17NO2. The van der Waals surface area contributed by atoms with Crippen molar-refractivity contribution in [2.24, 2.45) is 0 Å². The lowest BCUT2D eigenvalue weighted by molar-refractivity contribution is -0.110. The van der Waals surface area contributed by atoms with Crippen LogP contribution in [0.4, 0.5) is 0 Å². The van der Waals surface area contributed by atoms with Crippen molar-refractivity contribution in [3.8, 4) is 0 Å². The van der Waals surface area contributed by atoms with Gasteiger partial charge in [0.25, 0.3) is 0 Å². The van der Waals surface area contributed by atoms with Crippen LogP contribution in [-0.2, 0) is 4.79 Å². The van der Waals surface area contributed by atoms with E-state index >= 15 is 0 Å². The highest BCUT2D eigenvalue weighted by Crippen LogP contribution is 1.95. The Hall–Kier alpha value is -0.410. The molecule has 3 nitrogen and oxygen atoms in total. The Bertz CT molecular complexity index is 106. The van der Waals surface area contributed by atoms with Gasteiger partial charge in [-0.15, -0.1) is 0 Å². The monoisotopic (exact) mass is 159 g/mol. The van der Waals surface area contributed by atoms with Gasteiger partial charge in [0.2, 0.25) is 0 Å². The third-order valence-electron chi connectivity index (χ3n) is 1.58. The number of carbonyl (C=O) groups is 1. The van der Waals surface area contributed by atoms with E-state index in [0.29, 0.717) is 6.04 Å². The normalized spacial score (nSPS) is 15.9. The van der Waals surface area contributed by atoms with Crippen LogP contribution in [0.1, 0.15) is 26.7 Å². The minimum Gasteiger partial charge on any atom is -0.394 e. The summed E-state index contributed by atoms with van der Waals surface area (Å²) >= 11 is 0. The van der Waals surface area contributed by atoms with Crippen molar-refractivity contribution in [3.05, 3.63) is 0 Å². The molecule has 0 aromatic carbocycles. The third kappa shape index (κ3) is 4.93. The van der Waals surface area contributed by atoms with E-state index in [1.54, 1.807) is 0 Å². The van der Waals surface area contributed by atoms with Gasteiger partial charge in [-0.25, -0.2) is 0 Å². The van der Waals surface area contributed by atoms with Crippen molar-refractivity contribution in [3.63, 3.8) is 0 Å². The van der Waals surface area contributed by atoms with Crippen LogP contribution in [0.3, 0.4) is 0 Å². The van der Waals surface area contributed by atoms with Crippen LogP contribution >= 0.6 is 0 Å². The molecule has 0 aromatic rings. The summed E-state index contributed by atoms with van der Waals surface area (Å²) in [6.07, 6.45) is 2.86. The Balaban J connectivity index is 3.53. The molecule has 0 bridgehead atoms. The lowest BCUT2D eigenvalue weighted by atomic mass is 10.2. The second-order valence-electron chi connectivity index (χ2n) is 2.78. The summed E-state index contributed by atoms with van der Waals surface area (Å²) in [6.45, 7) is 3.99. The second kappa shape index (κ2) is 6.31. The maximum atomic E-state index is 10.3. The number of aliphatic hydroxyl groups is 1. The summed E-state index contributed by atoms with van der Waals surface area (Å²) in [7, 11) is 0. The zero-order chi connectivity index (χ0) is 8.69. The quantitative estimate of drug-likeness (QED) is 0.549. The molecule has 0 spiro atoms. The van der Waals surface area contributed by atoms with Crippen molar-refractivity contribution < 1.29 is 9.90 Å². The minimum absolute atomic E-state index is 0.114. The molecular weight excluding hydrogens is 142 g/mol. The van der Waals surface area contributed by atoms with Crippen LogP contribution in [0, 0.1) is 0 Å². The molecule has 3 heteroatoms. The second-order valence-corrected chi connectivity index (χ2v) is 2.78. The Kier molecular flexibility index (Phi) is 6.07. The van der Waals surface area contributed by atoms with Gasteiger partial charge < -0.3 is 15.2 Å². The van der Waals surface area contributed by atoms with Gasteiger partial charge >= 0.3 is 0 Å². The van der Waals surface area contributed by atoms with Gasteiger partial charge in [-0.1, -0.05) is 13.3 Å². The minimum atomic E-state index is -0.392. The Labute approximate surface area is 67.8 Å². The highest BCUT2D eigenvalue weighted by Gasteiger charge is 2.07. The molecule has 66 valence electrons. The van der Waals surface area contributed by atoms with Crippen LogP contribution in [0.15, 0.2) is 0 Å². The molecule has 0 unspecified atom stereocenters. The topological polar surface area (TPSA) is 49.3 Å². The molecule has 11 heavy (non-hydrogen) atoms. The number of rotatable bonds is 6. The number of aldehydes is 1. The molecule has 0 rings (SSSR count). The first kappa shape index (κ1) is 10.6. The standard InChI is InChI=1S/C8H17NO2/c1-3-4-7(2)9-8(5-10)6-11/h5,7-9,11H,3-4,6H2,1-2H3/t7-,8-/m1/s1. The van der Waals surface area contributed by atoms with E-state index in [2.05, 4.69) is 12.2 Å².